The number of methoxy groups -OCH3 is 2. The van der Waals surface area contributed by atoms with Gasteiger partial charge in [-0.1, -0.05) is 68.3 Å². The van der Waals surface area contributed by atoms with Crippen LogP contribution in [0.5, 0.6) is 0 Å². The molecule has 5 rings (SSSR count). The van der Waals surface area contributed by atoms with Crippen molar-refractivity contribution in [2.24, 2.45) is 0 Å². The number of nitrogens with zero attached hydrogens (tertiary/aromatic N) is 7. The van der Waals surface area contributed by atoms with Crippen LogP contribution in [0.25, 0.3) is 33.7 Å². The monoisotopic (exact) mass is 586 g/mol. The average Bonchev–Trinajstić information content (AvgIpc) is 3.69. The summed E-state index contributed by atoms with van der Waals surface area (Å²) in [5.74, 6) is 0.567. The zero-order valence-electron chi connectivity index (χ0n) is 24.4. The number of hydrogen-bond acceptors (Lipinski definition) is 9. The zero-order chi connectivity index (χ0) is 30.3. The van der Waals surface area contributed by atoms with Gasteiger partial charge in [0.05, 0.1) is 20.3 Å². The second-order valence-electron chi connectivity index (χ2n) is 10.1. The van der Waals surface area contributed by atoms with E-state index in [0.717, 1.165) is 46.1 Å². The number of ether oxygens (including phenoxy) is 2. The van der Waals surface area contributed by atoms with E-state index in [1.807, 2.05) is 53.1 Å². The normalized spacial score (nSPS) is 11.3. The Morgan fingerprint density at radius 2 is 1.72 bits per heavy atom. The van der Waals surface area contributed by atoms with Crippen LogP contribution in [0.2, 0.25) is 0 Å². The Morgan fingerprint density at radius 3 is 2.40 bits per heavy atom. The van der Waals surface area contributed by atoms with E-state index in [2.05, 4.69) is 27.5 Å². The van der Waals surface area contributed by atoms with E-state index < -0.39 is 17.2 Å². The molecular formula is C30H34N8O5. The number of carbonyl (C=O) groups excluding carboxylic acids is 1. The van der Waals surface area contributed by atoms with E-state index in [-0.39, 0.29) is 30.9 Å². The lowest BCUT2D eigenvalue weighted by Crippen LogP contribution is -2.42. The number of aryl methyl sites for hydroxylation is 1. The van der Waals surface area contributed by atoms with Crippen LogP contribution < -0.4 is 11.2 Å². The molecule has 0 radical (unpaired) electrons. The highest BCUT2D eigenvalue weighted by Gasteiger charge is 2.23. The van der Waals surface area contributed by atoms with Crippen molar-refractivity contribution >= 4 is 17.1 Å². The molecule has 0 fully saturated rings. The van der Waals surface area contributed by atoms with Gasteiger partial charge in [0.25, 0.3) is 5.56 Å². The van der Waals surface area contributed by atoms with Gasteiger partial charge in [-0.2, -0.15) is 5.21 Å². The van der Waals surface area contributed by atoms with Gasteiger partial charge in [0.15, 0.2) is 11.2 Å². The van der Waals surface area contributed by atoms with E-state index in [0.29, 0.717) is 24.6 Å². The summed E-state index contributed by atoms with van der Waals surface area (Å²) in [7, 11) is 2.75. The summed E-state index contributed by atoms with van der Waals surface area (Å²) in [4.78, 5) is 44.2. The third-order valence-corrected chi connectivity index (χ3v) is 7.35. The van der Waals surface area contributed by atoms with Crippen LogP contribution in [-0.4, -0.2) is 66.1 Å². The van der Waals surface area contributed by atoms with Gasteiger partial charge in [-0.3, -0.25) is 18.7 Å². The molecule has 3 heterocycles. The van der Waals surface area contributed by atoms with E-state index >= 15 is 0 Å². The van der Waals surface area contributed by atoms with Gasteiger partial charge < -0.3 is 14.0 Å². The molecule has 0 saturated carbocycles. The first-order chi connectivity index (χ1) is 21.0. The van der Waals surface area contributed by atoms with Crippen molar-refractivity contribution in [3.63, 3.8) is 0 Å². The van der Waals surface area contributed by atoms with E-state index in [4.69, 9.17) is 14.5 Å². The number of unbranched alkanes of at least 4 members (excludes halogenated alkanes) is 2. The minimum Gasteiger partial charge on any atom is -0.468 e. The topological polar surface area (TPSA) is 152 Å². The lowest BCUT2D eigenvalue weighted by atomic mass is 9.98. The molecule has 1 N–H and O–H groups in total. The van der Waals surface area contributed by atoms with Crippen LogP contribution >= 0.6 is 0 Å². The predicted molar refractivity (Wildman–Crippen MR) is 160 cm³/mol. The van der Waals surface area contributed by atoms with Gasteiger partial charge in [-0.15, -0.1) is 10.2 Å². The maximum Gasteiger partial charge on any atom is 0.333 e. The van der Waals surface area contributed by atoms with Crippen LogP contribution in [0.3, 0.4) is 0 Å². The van der Waals surface area contributed by atoms with E-state index in [1.54, 1.807) is 0 Å². The number of carbonyl (C=O) groups is 1. The minimum atomic E-state index is -0.630. The van der Waals surface area contributed by atoms with Gasteiger partial charge in [-0.25, -0.2) is 9.78 Å². The molecule has 0 aliphatic carbocycles. The van der Waals surface area contributed by atoms with Gasteiger partial charge in [0.1, 0.15) is 12.4 Å². The molecule has 3 aromatic heterocycles. The van der Waals surface area contributed by atoms with Crippen LogP contribution in [-0.2, 0) is 40.3 Å². The van der Waals surface area contributed by atoms with Crippen molar-refractivity contribution in [2.45, 2.75) is 52.2 Å². The van der Waals surface area contributed by atoms with Gasteiger partial charge in [0.2, 0.25) is 5.82 Å². The third-order valence-electron chi connectivity index (χ3n) is 7.35. The summed E-state index contributed by atoms with van der Waals surface area (Å²) in [6, 6.07) is 15.8. The molecular weight excluding hydrogens is 552 g/mol. The second-order valence-corrected chi connectivity index (χ2v) is 10.1. The number of aromatic amines is 1. The molecule has 0 aliphatic heterocycles. The summed E-state index contributed by atoms with van der Waals surface area (Å²) in [6.07, 6.45) is 3.49. The van der Waals surface area contributed by atoms with E-state index in [1.165, 1.54) is 18.8 Å². The molecule has 0 unspecified atom stereocenters. The number of aromatic nitrogens is 8. The molecule has 0 aliphatic rings. The van der Waals surface area contributed by atoms with Gasteiger partial charge in [-0.05, 0) is 28.3 Å². The molecule has 2 aromatic carbocycles. The Bertz CT molecular complexity index is 1820. The molecule has 0 saturated heterocycles. The largest absolute Gasteiger partial charge is 0.468 e. The number of tetrazole rings is 1. The number of hydrogen-bond donors (Lipinski definition) is 1. The number of rotatable bonds is 13. The van der Waals surface area contributed by atoms with Crippen molar-refractivity contribution in [3.8, 4) is 22.5 Å². The summed E-state index contributed by atoms with van der Waals surface area (Å²) in [5.41, 5.74) is 3.04. The van der Waals surface area contributed by atoms with Crippen LogP contribution in [0.4, 0.5) is 0 Å². The van der Waals surface area contributed by atoms with Crippen LogP contribution in [0, 0.1) is 0 Å². The maximum absolute atomic E-state index is 13.8. The summed E-state index contributed by atoms with van der Waals surface area (Å²) in [5, 5.41) is 14.4. The highest BCUT2D eigenvalue weighted by molar-refractivity contribution is 5.80. The smallest absolute Gasteiger partial charge is 0.333 e. The van der Waals surface area contributed by atoms with Crippen molar-refractivity contribution in [3.05, 3.63) is 80.8 Å². The first-order valence-electron chi connectivity index (χ1n) is 14.2. The molecule has 5 aromatic rings. The highest BCUT2D eigenvalue weighted by atomic mass is 16.5. The fourth-order valence-corrected chi connectivity index (χ4v) is 5.12. The summed E-state index contributed by atoms with van der Waals surface area (Å²) in [6.45, 7) is 2.29. The number of esters is 1. The standard InChI is InChI=1S/C30H34N8O5/c1-4-5-6-11-24-31-28-26(29(40)36(16-17-42-2)30(41)38(28)19-25(39)43-3)37(24)18-20-12-14-21(15-13-20)22-9-7-8-10-23(22)27-32-34-35-33-27/h7-10,12-15H,4-6,11,16-19H2,1-3H3,(H,32,33,34,35). The fourth-order valence-electron chi connectivity index (χ4n) is 5.12. The number of nitrogens with one attached hydrogen (secondary N) is 1. The van der Waals surface area contributed by atoms with Crippen molar-refractivity contribution in [1.29, 1.82) is 0 Å². The summed E-state index contributed by atoms with van der Waals surface area (Å²) >= 11 is 0. The minimum absolute atomic E-state index is 0.0378. The molecule has 0 amide bonds. The van der Waals surface area contributed by atoms with Crippen LogP contribution in [0.15, 0.2) is 58.1 Å². The van der Waals surface area contributed by atoms with Crippen LogP contribution in [0.1, 0.15) is 37.6 Å². The van der Waals surface area contributed by atoms with Gasteiger partial charge >= 0.3 is 11.7 Å². The number of H-pyrrole nitrogens is 1. The Balaban J connectivity index is 1.60. The van der Waals surface area contributed by atoms with E-state index in [9.17, 15) is 14.4 Å². The third kappa shape index (κ3) is 6.16. The van der Waals surface area contributed by atoms with Crippen molar-refractivity contribution in [1.82, 2.24) is 39.3 Å². The fraction of sp³-hybridized carbons (Fsp3) is 0.367. The SMILES string of the molecule is CCCCCc1nc2c(c(=O)n(CCOC)c(=O)n2CC(=O)OC)n1Cc1ccc(-c2ccccc2-c2nn[nH]n2)cc1. The first kappa shape index (κ1) is 29.6. The molecule has 13 nitrogen and oxygen atoms in total. The highest BCUT2D eigenvalue weighted by Crippen LogP contribution is 2.30. The van der Waals surface area contributed by atoms with Crippen molar-refractivity contribution < 1.29 is 14.3 Å². The molecule has 13 heteroatoms. The Morgan fingerprint density at radius 1 is 0.953 bits per heavy atom. The Kier molecular flexibility index (Phi) is 9.20. The average molecular weight is 587 g/mol. The van der Waals surface area contributed by atoms with Gasteiger partial charge in [0, 0.05) is 25.6 Å². The first-order valence-corrected chi connectivity index (χ1v) is 14.2. The molecule has 0 bridgehead atoms. The lowest BCUT2D eigenvalue weighted by molar-refractivity contribution is -0.141. The molecule has 0 spiro atoms. The quantitative estimate of drug-likeness (QED) is 0.162. The molecule has 224 valence electrons. The number of imidazole rings is 1. The second kappa shape index (κ2) is 13.4. The predicted octanol–water partition coefficient (Wildman–Crippen LogP) is 2.81. The lowest BCUT2D eigenvalue weighted by Gasteiger charge is -2.13. The summed E-state index contributed by atoms with van der Waals surface area (Å²) < 4.78 is 14.2. The molecule has 0 atom stereocenters. The Labute approximate surface area is 247 Å². The maximum atomic E-state index is 13.8. The zero-order valence-corrected chi connectivity index (χ0v) is 24.4. The molecule has 43 heavy (non-hydrogen) atoms. The number of fused-ring (bicyclic) bond motifs is 1. The number of benzene rings is 2. The van der Waals surface area contributed by atoms with Crippen molar-refractivity contribution in [2.75, 3.05) is 20.8 Å². The Hall–Kier alpha value is -4.91.